The number of hydrogen-bond donors (Lipinski definition) is 1. The Kier molecular flexibility index (Phi) is 3.62. The molecule has 0 unspecified atom stereocenters. The highest BCUT2D eigenvalue weighted by Crippen LogP contribution is 2.25. The van der Waals surface area contributed by atoms with Gasteiger partial charge >= 0.3 is 5.97 Å². The van der Waals surface area contributed by atoms with Crippen LogP contribution in [0.15, 0.2) is 12.1 Å². The molecule has 7 nitrogen and oxygen atoms in total. The van der Waals surface area contributed by atoms with Crippen molar-refractivity contribution < 1.29 is 14.5 Å². The zero-order valence-corrected chi connectivity index (χ0v) is 8.97. The fraction of sp³-hybridized carbons (Fsp3) is 0.200. The van der Waals surface area contributed by atoms with E-state index in [0.717, 1.165) is 6.07 Å². The van der Waals surface area contributed by atoms with Gasteiger partial charge in [0.15, 0.2) is 0 Å². The summed E-state index contributed by atoms with van der Waals surface area (Å²) in [6, 6.07) is 3.97. The normalized spacial score (nSPS) is 9.41. The molecule has 0 amide bonds. The summed E-state index contributed by atoms with van der Waals surface area (Å²) in [7, 11) is 1.20. The lowest BCUT2D eigenvalue weighted by Gasteiger charge is -2.05. The first-order valence-corrected chi connectivity index (χ1v) is 4.53. The zero-order chi connectivity index (χ0) is 13.0. The van der Waals surface area contributed by atoms with Crippen molar-refractivity contribution in [1.82, 2.24) is 0 Å². The van der Waals surface area contributed by atoms with Crippen LogP contribution >= 0.6 is 0 Å². The average Bonchev–Trinajstić information content (AvgIpc) is 2.30. The molecule has 0 saturated carbocycles. The fourth-order valence-corrected chi connectivity index (χ4v) is 1.27. The van der Waals surface area contributed by atoms with Crippen molar-refractivity contribution in [3.05, 3.63) is 33.4 Å². The molecule has 7 heteroatoms. The Hall–Kier alpha value is -2.62. The van der Waals surface area contributed by atoms with E-state index < -0.39 is 10.9 Å². The topological polar surface area (TPSA) is 119 Å². The number of rotatable bonds is 3. The molecule has 0 aliphatic carbocycles. The summed E-state index contributed by atoms with van der Waals surface area (Å²) in [5.41, 5.74) is 5.49. The Morgan fingerprint density at radius 2 is 2.29 bits per heavy atom. The summed E-state index contributed by atoms with van der Waals surface area (Å²) in [6.45, 7) is 0. The van der Waals surface area contributed by atoms with E-state index in [2.05, 4.69) is 4.74 Å². The molecule has 88 valence electrons. The predicted molar refractivity (Wildman–Crippen MR) is 57.9 cm³/mol. The molecule has 0 aromatic heterocycles. The Bertz CT molecular complexity index is 519. The summed E-state index contributed by atoms with van der Waals surface area (Å²) in [5.74, 6) is -0.560. The minimum atomic E-state index is -0.696. The van der Waals surface area contributed by atoms with Crippen molar-refractivity contribution in [2.24, 2.45) is 0 Å². The highest BCUT2D eigenvalue weighted by Gasteiger charge is 2.18. The van der Waals surface area contributed by atoms with Crippen molar-refractivity contribution in [2.45, 2.75) is 6.42 Å². The van der Waals surface area contributed by atoms with Gasteiger partial charge in [0.05, 0.1) is 18.5 Å². The van der Waals surface area contributed by atoms with E-state index in [9.17, 15) is 14.9 Å². The first-order valence-electron chi connectivity index (χ1n) is 4.53. The molecule has 0 spiro atoms. The first kappa shape index (κ1) is 12.4. The van der Waals surface area contributed by atoms with Gasteiger partial charge < -0.3 is 10.5 Å². The number of nitriles is 1. The van der Waals surface area contributed by atoms with E-state index in [1.54, 1.807) is 6.07 Å². The lowest BCUT2D eigenvalue weighted by Crippen LogP contribution is -2.08. The van der Waals surface area contributed by atoms with Crippen LogP contribution in [0.1, 0.15) is 11.1 Å². The number of esters is 1. The van der Waals surface area contributed by atoms with Crippen LogP contribution in [0.3, 0.4) is 0 Å². The number of nitrogens with zero attached hydrogens (tertiary/aromatic N) is 2. The molecule has 1 aromatic carbocycles. The van der Waals surface area contributed by atoms with Crippen LogP contribution in [0.5, 0.6) is 0 Å². The highest BCUT2D eigenvalue weighted by atomic mass is 16.6. The second-order valence-electron chi connectivity index (χ2n) is 3.19. The van der Waals surface area contributed by atoms with Gasteiger partial charge in [-0.1, -0.05) is 0 Å². The molecule has 0 saturated heterocycles. The molecule has 2 N–H and O–H groups in total. The Morgan fingerprint density at radius 1 is 1.65 bits per heavy atom. The lowest BCUT2D eigenvalue weighted by atomic mass is 10.0. The molecule has 17 heavy (non-hydrogen) atoms. The number of nitrogen functional groups attached to an aromatic ring is 1. The van der Waals surface area contributed by atoms with Crippen LogP contribution in [0.4, 0.5) is 11.4 Å². The second-order valence-corrected chi connectivity index (χ2v) is 3.19. The molecule has 1 rings (SSSR count). The van der Waals surface area contributed by atoms with E-state index in [1.165, 1.54) is 13.2 Å². The van der Waals surface area contributed by atoms with Crippen molar-refractivity contribution in [1.29, 1.82) is 5.26 Å². The molecule has 0 radical (unpaired) electrons. The van der Waals surface area contributed by atoms with Crippen molar-refractivity contribution in [3.8, 4) is 6.07 Å². The highest BCUT2D eigenvalue weighted by molar-refractivity contribution is 5.76. The number of hydrogen-bond acceptors (Lipinski definition) is 6. The van der Waals surface area contributed by atoms with Crippen LogP contribution in [0, 0.1) is 21.4 Å². The molecule has 0 heterocycles. The number of nitro groups is 1. The maximum Gasteiger partial charge on any atom is 0.310 e. The van der Waals surface area contributed by atoms with Crippen LogP contribution in [0.2, 0.25) is 0 Å². The van der Waals surface area contributed by atoms with Crippen molar-refractivity contribution in [3.63, 3.8) is 0 Å². The summed E-state index contributed by atoms with van der Waals surface area (Å²) in [6.07, 6.45) is -0.172. The largest absolute Gasteiger partial charge is 0.469 e. The second kappa shape index (κ2) is 4.94. The minimum absolute atomic E-state index is 0.138. The molecule has 0 bridgehead atoms. The van der Waals surface area contributed by atoms with Crippen LogP contribution in [0.25, 0.3) is 0 Å². The number of ether oxygens (including phenoxy) is 1. The average molecular weight is 235 g/mol. The summed E-state index contributed by atoms with van der Waals surface area (Å²) < 4.78 is 4.44. The smallest absolute Gasteiger partial charge is 0.310 e. The Morgan fingerprint density at radius 3 is 2.76 bits per heavy atom. The van der Waals surface area contributed by atoms with E-state index in [0.29, 0.717) is 0 Å². The predicted octanol–water partition coefficient (Wildman–Crippen LogP) is 0.764. The molecule has 0 aliphatic rings. The van der Waals surface area contributed by atoms with E-state index in [-0.39, 0.29) is 28.9 Å². The third-order valence-electron chi connectivity index (χ3n) is 2.14. The van der Waals surface area contributed by atoms with Crippen LogP contribution < -0.4 is 5.73 Å². The van der Waals surface area contributed by atoms with Gasteiger partial charge in [0, 0.05) is 11.8 Å². The van der Waals surface area contributed by atoms with Gasteiger partial charge in [0.2, 0.25) is 0 Å². The van der Waals surface area contributed by atoms with E-state index >= 15 is 0 Å². The number of nitrogens with two attached hydrogens (primary N) is 1. The van der Waals surface area contributed by atoms with Gasteiger partial charge in [-0.3, -0.25) is 14.9 Å². The molecule has 0 fully saturated rings. The van der Waals surface area contributed by atoms with Crippen LogP contribution in [-0.2, 0) is 16.0 Å². The fourth-order valence-electron chi connectivity index (χ4n) is 1.27. The zero-order valence-electron chi connectivity index (χ0n) is 8.97. The van der Waals surface area contributed by atoms with Gasteiger partial charge in [-0.15, -0.1) is 0 Å². The quantitative estimate of drug-likeness (QED) is 0.357. The Balaban J connectivity index is 3.25. The molecule has 0 aliphatic heterocycles. The van der Waals surface area contributed by atoms with E-state index in [1.807, 2.05) is 0 Å². The Labute approximate surface area is 96.6 Å². The number of nitro benzene ring substituents is 1. The number of anilines is 1. The number of carbonyl (C=O) groups is 1. The van der Waals surface area contributed by atoms with Crippen molar-refractivity contribution in [2.75, 3.05) is 12.8 Å². The molecular weight excluding hydrogens is 226 g/mol. The standard InChI is InChI=1S/C10H9N3O4/c1-17-10(14)4-6-3-9(13(15)16)7(5-11)2-8(6)12/h2-3H,4,12H2,1H3. The number of carbonyl (C=O) groups excluding carboxylic acids is 1. The van der Waals surface area contributed by atoms with Gasteiger partial charge in [-0.25, -0.2) is 0 Å². The SMILES string of the molecule is COC(=O)Cc1cc([N+](=O)[O-])c(C#N)cc1N. The molecular formula is C10H9N3O4. The monoisotopic (exact) mass is 235 g/mol. The molecule has 1 aromatic rings. The van der Waals surface area contributed by atoms with Gasteiger partial charge in [0.25, 0.3) is 5.69 Å². The van der Waals surface area contributed by atoms with Gasteiger partial charge in [-0.05, 0) is 11.6 Å². The van der Waals surface area contributed by atoms with Gasteiger partial charge in [-0.2, -0.15) is 5.26 Å². The third kappa shape index (κ3) is 2.69. The van der Waals surface area contributed by atoms with Crippen LogP contribution in [-0.4, -0.2) is 18.0 Å². The van der Waals surface area contributed by atoms with Gasteiger partial charge in [0.1, 0.15) is 11.6 Å². The maximum atomic E-state index is 11.1. The van der Waals surface area contributed by atoms with Crippen molar-refractivity contribution >= 4 is 17.3 Å². The summed E-state index contributed by atoms with van der Waals surface area (Å²) >= 11 is 0. The van der Waals surface area contributed by atoms with E-state index in [4.69, 9.17) is 11.0 Å². The maximum absolute atomic E-state index is 11.1. The third-order valence-corrected chi connectivity index (χ3v) is 2.14. The minimum Gasteiger partial charge on any atom is -0.469 e. The first-order chi connectivity index (χ1) is 7.99. The lowest BCUT2D eigenvalue weighted by molar-refractivity contribution is -0.385. The molecule has 0 atom stereocenters. The number of methoxy groups -OCH3 is 1. The number of benzene rings is 1. The summed E-state index contributed by atoms with van der Waals surface area (Å²) in [4.78, 5) is 21.1. The summed E-state index contributed by atoms with van der Waals surface area (Å²) in [5, 5.41) is 19.4.